The van der Waals surface area contributed by atoms with Crippen LogP contribution in [0.2, 0.25) is 0 Å². The van der Waals surface area contributed by atoms with Crippen LogP contribution >= 0.6 is 0 Å². The highest BCUT2D eigenvalue weighted by Crippen LogP contribution is 2.23. The van der Waals surface area contributed by atoms with Crippen LogP contribution in [0.15, 0.2) is 42.5 Å². The van der Waals surface area contributed by atoms with Crippen molar-refractivity contribution < 1.29 is 9.72 Å². The summed E-state index contributed by atoms with van der Waals surface area (Å²) in [7, 11) is 0. The molecule has 0 amide bonds. The number of rotatable bonds is 4. The molecule has 0 aliphatic carbocycles. The molecule has 0 atom stereocenters. The molecule has 5 nitrogen and oxygen atoms in total. The van der Waals surface area contributed by atoms with Gasteiger partial charge in [-0.2, -0.15) is 5.26 Å². The van der Waals surface area contributed by atoms with E-state index < -0.39 is 4.92 Å². The Kier molecular flexibility index (Phi) is 4.22. The lowest BCUT2D eigenvalue weighted by atomic mass is 10.1. The predicted molar refractivity (Wildman–Crippen MR) is 78.6 cm³/mol. The zero-order valence-corrected chi connectivity index (χ0v) is 10.9. The second-order valence-corrected chi connectivity index (χ2v) is 4.22. The Hall–Kier alpha value is -3.26. The molecule has 0 aliphatic heterocycles. The van der Waals surface area contributed by atoms with Crippen LogP contribution < -0.4 is 0 Å². The summed E-state index contributed by atoms with van der Waals surface area (Å²) in [6.07, 6.45) is 3.92. The van der Waals surface area contributed by atoms with E-state index in [9.17, 15) is 14.9 Å². The minimum atomic E-state index is -0.536. The van der Waals surface area contributed by atoms with Crippen LogP contribution in [0.4, 0.5) is 5.69 Å². The van der Waals surface area contributed by atoms with Gasteiger partial charge in [0.1, 0.15) is 0 Å². The van der Waals surface area contributed by atoms with E-state index in [0.29, 0.717) is 16.7 Å². The highest BCUT2D eigenvalue weighted by Gasteiger charge is 2.12. The lowest BCUT2D eigenvalue weighted by Gasteiger charge is -2.00. The minimum absolute atomic E-state index is 0.145. The molecule has 0 aliphatic rings. The number of hydrogen-bond acceptors (Lipinski definition) is 4. The number of nitrogens with zero attached hydrogens (tertiary/aromatic N) is 2. The fourth-order valence-corrected chi connectivity index (χ4v) is 1.86. The van der Waals surface area contributed by atoms with Crippen molar-refractivity contribution in [2.45, 2.75) is 0 Å². The summed E-state index contributed by atoms with van der Waals surface area (Å²) in [6.45, 7) is 0. The van der Waals surface area contributed by atoms with Gasteiger partial charge in [0.05, 0.1) is 22.1 Å². The molecule has 2 aromatic carbocycles. The number of aldehydes is 1. The van der Waals surface area contributed by atoms with Crippen molar-refractivity contribution in [3.8, 4) is 6.07 Å². The first-order valence-corrected chi connectivity index (χ1v) is 6.06. The van der Waals surface area contributed by atoms with E-state index in [2.05, 4.69) is 0 Å². The van der Waals surface area contributed by atoms with Crippen molar-refractivity contribution in [1.29, 1.82) is 5.26 Å². The van der Waals surface area contributed by atoms with E-state index in [1.807, 2.05) is 6.07 Å². The summed E-state index contributed by atoms with van der Waals surface area (Å²) >= 11 is 0. The smallest absolute Gasteiger partial charge is 0.277 e. The number of hydrogen-bond donors (Lipinski definition) is 0. The summed E-state index contributed by atoms with van der Waals surface area (Å²) in [6, 6.07) is 13.0. The van der Waals surface area contributed by atoms with Gasteiger partial charge in [-0.25, -0.2) is 0 Å². The zero-order valence-electron chi connectivity index (χ0n) is 10.9. The summed E-state index contributed by atoms with van der Waals surface area (Å²) in [4.78, 5) is 21.4. The molecule has 2 aromatic rings. The van der Waals surface area contributed by atoms with E-state index in [4.69, 9.17) is 5.26 Å². The molecule has 0 radical (unpaired) electrons. The molecule has 0 aromatic heterocycles. The van der Waals surface area contributed by atoms with Crippen molar-refractivity contribution in [3.63, 3.8) is 0 Å². The maximum absolute atomic E-state index is 11.0. The van der Waals surface area contributed by atoms with E-state index >= 15 is 0 Å². The molecule has 0 spiro atoms. The Morgan fingerprint density at radius 3 is 2.33 bits per heavy atom. The molecule has 0 N–H and O–H groups in total. The van der Waals surface area contributed by atoms with Crippen molar-refractivity contribution in [2.24, 2.45) is 0 Å². The van der Waals surface area contributed by atoms with E-state index in [0.717, 1.165) is 6.29 Å². The lowest BCUT2D eigenvalue weighted by molar-refractivity contribution is -0.385. The fraction of sp³-hybridized carbons (Fsp3) is 0. The van der Waals surface area contributed by atoms with Gasteiger partial charge in [0.25, 0.3) is 5.69 Å². The third-order valence-corrected chi connectivity index (χ3v) is 2.92. The Bertz CT molecular complexity index is 773. The molecule has 102 valence electrons. The topological polar surface area (TPSA) is 84.0 Å². The average molecular weight is 278 g/mol. The summed E-state index contributed by atoms with van der Waals surface area (Å²) in [5, 5.41) is 19.8. The van der Waals surface area contributed by atoms with Crippen LogP contribution in [0.1, 0.15) is 27.0 Å². The van der Waals surface area contributed by atoms with Crippen molar-refractivity contribution in [1.82, 2.24) is 0 Å². The number of carbonyl (C=O) groups is 1. The normalized spacial score (nSPS) is 10.2. The first-order chi connectivity index (χ1) is 10.2. The fourth-order valence-electron chi connectivity index (χ4n) is 1.86. The summed E-state index contributed by atoms with van der Waals surface area (Å²) < 4.78 is 0. The maximum Gasteiger partial charge on any atom is 0.277 e. The second-order valence-electron chi connectivity index (χ2n) is 4.22. The summed E-state index contributed by atoms with van der Waals surface area (Å²) in [5.41, 5.74) is 1.64. The molecule has 2 rings (SSSR count). The molecule has 0 saturated heterocycles. The van der Waals surface area contributed by atoms with Crippen LogP contribution in [0.3, 0.4) is 0 Å². The highest BCUT2D eigenvalue weighted by molar-refractivity contribution is 5.85. The van der Waals surface area contributed by atoms with Gasteiger partial charge >= 0.3 is 0 Å². The van der Waals surface area contributed by atoms with Crippen molar-refractivity contribution >= 4 is 24.1 Å². The van der Waals surface area contributed by atoms with E-state index in [1.165, 1.54) is 18.2 Å². The zero-order chi connectivity index (χ0) is 15.2. The largest absolute Gasteiger partial charge is 0.298 e. The first kappa shape index (κ1) is 14.2. The van der Waals surface area contributed by atoms with Crippen LogP contribution in [0.25, 0.3) is 12.2 Å². The third-order valence-electron chi connectivity index (χ3n) is 2.92. The molecule has 0 fully saturated rings. The SMILES string of the molecule is N#Cc1ccc(C=Cc2ccccc2C=O)c([N+](=O)[O-])c1. The Balaban J connectivity index is 2.44. The van der Waals surface area contributed by atoms with E-state index in [-0.39, 0.29) is 11.3 Å². The average Bonchev–Trinajstić information content (AvgIpc) is 2.52. The van der Waals surface area contributed by atoms with Crippen LogP contribution in [-0.4, -0.2) is 11.2 Å². The Morgan fingerprint density at radius 1 is 1.05 bits per heavy atom. The van der Waals surface area contributed by atoms with Gasteiger partial charge in [-0.15, -0.1) is 0 Å². The van der Waals surface area contributed by atoms with Crippen molar-refractivity contribution in [3.05, 3.63) is 74.8 Å². The predicted octanol–water partition coefficient (Wildman–Crippen LogP) is 3.45. The van der Waals surface area contributed by atoms with Gasteiger partial charge in [0.2, 0.25) is 0 Å². The Labute approximate surface area is 120 Å². The lowest BCUT2D eigenvalue weighted by Crippen LogP contribution is -1.92. The van der Waals surface area contributed by atoms with Gasteiger partial charge in [-0.3, -0.25) is 14.9 Å². The number of nitriles is 1. The molecule has 0 unspecified atom stereocenters. The van der Waals surface area contributed by atoms with Gasteiger partial charge < -0.3 is 0 Å². The Morgan fingerprint density at radius 2 is 1.71 bits per heavy atom. The van der Waals surface area contributed by atoms with Crippen LogP contribution in [-0.2, 0) is 0 Å². The molecule has 0 saturated carbocycles. The van der Waals surface area contributed by atoms with Gasteiger partial charge in [0.15, 0.2) is 6.29 Å². The second kappa shape index (κ2) is 6.26. The maximum atomic E-state index is 11.0. The molecule has 21 heavy (non-hydrogen) atoms. The van der Waals surface area contributed by atoms with E-state index in [1.54, 1.807) is 36.4 Å². The number of nitro groups is 1. The number of benzene rings is 2. The van der Waals surface area contributed by atoms with Gasteiger partial charge in [0, 0.05) is 11.6 Å². The molecule has 5 heteroatoms. The monoisotopic (exact) mass is 278 g/mol. The number of nitro benzene ring substituents is 1. The standard InChI is InChI=1S/C16H10N2O3/c17-10-12-5-6-14(16(9-12)18(20)21)8-7-13-3-1-2-4-15(13)11-19/h1-9,11H. The van der Waals surface area contributed by atoms with Crippen molar-refractivity contribution in [2.75, 3.05) is 0 Å². The molecule has 0 bridgehead atoms. The first-order valence-electron chi connectivity index (χ1n) is 6.06. The highest BCUT2D eigenvalue weighted by atomic mass is 16.6. The quantitative estimate of drug-likeness (QED) is 0.371. The molecular formula is C16H10N2O3. The molecular weight excluding hydrogens is 268 g/mol. The summed E-state index contributed by atoms with van der Waals surface area (Å²) in [5.74, 6) is 0. The minimum Gasteiger partial charge on any atom is -0.298 e. The van der Waals surface area contributed by atoms with Crippen LogP contribution in [0, 0.1) is 21.4 Å². The van der Waals surface area contributed by atoms with Crippen LogP contribution in [0.5, 0.6) is 0 Å². The van der Waals surface area contributed by atoms with Gasteiger partial charge in [-0.05, 0) is 23.8 Å². The van der Waals surface area contributed by atoms with Gasteiger partial charge in [-0.1, -0.05) is 30.3 Å². The third kappa shape index (κ3) is 3.19. The molecule has 0 heterocycles. The number of carbonyl (C=O) groups excluding carboxylic acids is 1.